The Bertz CT molecular complexity index is 527. The molecule has 96 valence electrons. The second-order valence-corrected chi connectivity index (χ2v) is 4.87. The molecule has 1 aromatic heterocycles. The van der Waals surface area contributed by atoms with Crippen molar-refractivity contribution in [3.63, 3.8) is 0 Å². The van der Waals surface area contributed by atoms with E-state index in [0.717, 1.165) is 28.8 Å². The van der Waals surface area contributed by atoms with Gasteiger partial charge in [-0.3, -0.25) is 0 Å². The van der Waals surface area contributed by atoms with Crippen LogP contribution in [0.15, 0.2) is 29.0 Å². The van der Waals surface area contributed by atoms with Gasteiger partial charge in [-0.25, -0.2) is 4.39 Å². The van der Waals surface area contributed by atoms with Gasteiger partial charge in [-0.2, -0.15) is 0 Å². The molecule has 2 aromatic rings. The molecule has 0 saturated carbocycles. The van der Waals surface area contributed by atoms with Crippen molar-refractivity contribution in [2.24, 2.45) is 7.05 Å². The number of aryl methyl sites for hydroxylation is 1. The molecule has 0 radical (unpaired) electrons. The fourth-order valence-corrected chi connectivity index (χ4v) is 2.02. The Hall–Kier alpha value is -1.27. The number of hydrogen-bond acceptors (Lipinski definition) is 3. The molecule has 0 aliphatic heterocycles. The zero-order chi connectivity index (χ0) is 13.0. The summed E-state index contributed by atoms with van der Waals surface area (Å²) in [5.41, 5.74) is 0.910. The maximum atomic E-state index is 13.1. The van der Waals surface area contributed by atoms with E-state index >= 15 is 0 Å². The van der Waals surface area contributed by atoms with Gasteiger partial charge in [0.2, 0.25) is 0 Å². The third-order valence-electron chi connectivity index (χ3n) is 2.65. The fraction of sp³-hybridized carbons (Fsp3) is 0.333. The number of benzene rings is 1. The molecule has 0 aliphatic carbocycles. The highest BCUT2D eigenvalue weighted by atomic mass is 79.9. The molecule has 4 nitrogen and oxygen atoms in total. The molecule has 0 amide bonds. The molecule has 0 unspecified atom stereocenters. The van der Waals surface area contributed by atoms with Crippen LogP contribution in [0, 0.1) is 5.82 Å². The lowest BCUT2D eigenvalue weighted by Crippen LogP contribution is -2.18. The Labute approximate surface area is 113 Å². The van der Waals surface area contributed by atoms with Crippen LogP contribution in [0.4, 0.5) is 4.39 Å². The van der Waals surface area contributed by atoms with Crippen LogP contribution in [0.2, 0.25) is 0 Å². The Kier molecular flexibility index (Phi) is 4.43. The topological polar surface area (TPSA) is 42.7 Å². The summed E-state index contributed by atoms with van der Waals surface area (Å²) in [7, 11) is 1.92. The summed E-state index contributed by atoms with van der Waals surface area (Å²) >= 11 is 3.40. The van der Waals surface area contributed by atoms with Gasteiger partial charge in [0.05, 0.1) is 0 Å². The van der Waals surface area contributed by atoms with Gasteiger partial charge in [-0.1, -0.05) is 15.9 Å². The maximum Gasteiger partial charge on any atom is 0.133 e. The van der Waals surface area contributed by atoms with Gasteiger partial charge in [0.1, 0.15) is 18.0 Å². The minimum Gasteiger partial charge on any atom is -0.321 e. The van der Waals surface area contributed by atoms with Crippen molar-refractivity contribution in [3.8, 4) is 0 Å². The average Bonchev–Trinajstić information content (AvgIpc) is 2.75. The molecule has 1 heterocycles. The number of halogens is 2. The van der Waals surface area contributed by atoms with E-state index in [1.54, 1.807) is 12.4 Å². The van der Waals surface area contributed by atoms with Gasteiger partial charge in [-0.15, -0.1) is 10.2 Å². The van der Waals surface area contributed by atoms with E-state index in [-0.39, 0.29) is 5.82 Å². The summed E-state index contributed by atoms with van der Waals surface area (Å²) in [6.45, 7) is 1.39. The Morgan fingerprint density at radius 1 is 1.44 bits per heavy atom. The van der Waals surface area contributed by atoms with Crippen LogP contribution < -0.4 is 5.32 Å². The molecular weight excluding hydrogens is 299 g/mol. The first-order valence-corrected chi connectivity index (χ1v) is 6.43. The van der Waals surface area contributed by atoms with Crippen molar-refractivity contribution in [1.82, 2.24) is 20.1 Å². The normalized spacial score (nSPS) is 10.8. The molecule has 18 heavy (non-hydrogen) atoms. The van der Waals surface area contributed by atoms with Crippen molar-refractivity contribution >= 4 is 15.9 Å². The van der Waals surface area contributed by atoms with E-state index in [9.17, 15) is 4.39 Å². The molecule has 1 N–H and O–H groups in total. The van der Waals surface area contributed by atoms with E-state index in [0.29, 0.717) is 6.54 Å². The molecule has 0 atom stereocenters. The molecule has 2 rings (SSSR count). The van der Waals surface area contributed by atoms with Crippen molar-refractivity contribution in [2.45, 2.75) is 13.0 Å². The molecule has 0 spiro atoms. The number of nitrogens with one attached hydrogen (secondary N) is 1. The summed E-state index contributed by atoms with van der Waals surface area (Å²) in [6.07, 6.45) is 2.47. The van der Waals surface area contributed by atoms with Crippen LogP contribution in [0.3, 0.4) is 0 Å². The monoisotopic (exact) mass is 312 g/mol. The number of nitrogens with zero attached hydrogens (tertiary/aromatic N) is 3. The van der Waals surface area contributed by atoms with Crippen LogP contribution in [0.1, 0.15) is 11.4 Å². The molecule has 0 aliphatic rings. The SMILES string of the molecule is Cn1cnnc1CCNCc1cc(F)ccc1Br. The standard InChI is InChI=1S/C12H14BrFN4/c1-18-8-16-17-12(18)4-5-15-7-9-6-10(14)2-3-11(9)13/h2-3,6,8,15H,4-5,7H2,1H3. The van der Waals surface area contributed by atoms with Crippen LogP contribution >= 0.6 is 15.9 Å². The third-order valence-corrected chi connectivity index (χ3v) is 3.43. The summed E-state index contributed by atoms with van der Waals surface area (Å²) in [6, 6.07) is 4.68. The first-order valence-electron chi connectivity index (χ1n) is 5.64. The largest absolute Gasteiger partial charge is 0.321 e. The molecule has 0 saturated heterocycles. The van der Waals surface area contributed by atoms with Crippen LogP contribution in [-0.2, 0) is 20.0 Å². The summed E-state index contributed by atoms with van der Waals surface area (Å²) in [4.78, 5) is 0. The summed E-state index contributed by atoms with van der Waals surface area (Å²) < 4.78 is 15.9. The van der Waals surface area contributed by atoms with Crippen molar-refractivity contribution in [1.29, 1.82) is 0 Å². The molecule has 1 aromatic carbocycles. The van der Waals surface area contributed by atoms with Crippen molar-refractivity contribution in [3.05, 3.63) is 46.2 Å². The van der Waals surface area contributed by atoms with E-state index in [4.69, 9.17) is 0 Å². The number of aromatic nitrogens is 3. The summed E-state index contributed by atoms with van der Waals surface area (Å²) in [5.74, 6) is 0.712. The fourth-order valence-electron chi connectivity index (χ4n) is 1.64. The van der Waals surface area contributed by atoms with Gasteiger partial charge in [0, 0.05) is 31.0 Å². The minimum atomic E-state index is -0.219. The van der Waals surface area contributed by atoms with Crippen LogP contribution in [0.5, 0.6) is 0 Å². The first kappa shape index (κ1) is 13.2. The maximum absolute atomic E-state index is 13.1. The van der Waals surface area contributed by atoms with E-state index in [1.807, 2.05) is 11.6 Å². The Morgan fingerprint density at radius 2 is 2.28 bits per heavy atom. The quantitative estimate of drug-likeness (QED) is 0.859. The lowest BCUT2D eigenvalue weighted by molar-refractivity contribution is 0.616. The van der Waals surface area contributed by atoms with Gasteiger partial charge < -0.3 is 9.88 Å². The smallest absolute Gasteiger partial charge is 0.133 e. The predicted octanol–water partition coefficient (Wildman–Crippen LogP) is 2.05. The third kappa shape index (κ3) is 3.36. The first-order chi connectivity index (χ1) is 8.66. The average molecular weight is 313 g/mol. The van der Waals surface area contributed by atoms with E-state index in [2.05, 4.69) is 31.4 Å². The van der Waals surface area contributed by atoms with Crippen molar-refractivity contribution in [2.75, 3.05) is 6.54 Å². The van der Waals surface area contributed by atoms with Gasteiger partial charge in [-0.05, 0) is 23.8 Å². The Morgan fingerprint density at radius 3 is 3.00 bits per heavy atom. The zero-order valence-electron chi connectivity index (χ0n) is 10.0. The van der Waals surface area contributed by atoms with Gasteiger partial charge in [0.25, 0.3) is 0 Å². The lowest BCUT2D eigenvalue weighted by Gasteiger charge is -2.07. The molecule has 0 bridgehead atoms. The van der Waals surface area contributed by atoms with Gasteiger partial charge in [0.15, 0.2) is 0 Å². The van der Waals surface area contributed by atoms with Crippen LogP contribution in [-0.4, -0.2) is 21.3 Å². The molecule has 6 heteroatoms. The Balaban J connectivity index is 1.82. The second kappa shape index (κ2) is 6.06. The highest BCUT2D eigenvalue weighted by Crippen LogP contribution is 2.17. The number of hydrogen-bond donors (Lipinski definition) is 1. The van der Waals surface area contributed by atoms with Crippen LogP contribution in [0.25, 0.3) is 0 Å². The highest BCUT2D eigenvalue weighted by molar-refractivity contribution is 9.10. The minimum absolute atomic E-state index is 0.219. The lowest BCUT2D eigenvalue weighted by atomic mass is 10.2. The number of rotatable bonds is 5. The molecular formula is C12H14BrFN4. The molecule has 0 fully saturated rings. The van der Waals surface area contributed by atoms with Gasteiger partial charge >= 0.3 is 0 Å². The summed E-state index contributed by atoms with van der Waals surface area (Å²) in [5, 5.41) is 11.1. The predicted molar refractivity (Wildman–Crippen MR) is 70.5 cm³/mol. The zero-order valence-corrected chi connectivity index (χ0v) is 11.6. The second-order valence-electron chi connectivity index (χ2n) is 4.02. The van der Waals surface area contributed by atoms with E-state index in [1.165, 1.54) is 12.1 Å². The highest BCUT2D eigenvalue weighted by Gasteiger charge is 2.03. The van der Waals surface area contributed by atoms with Crippen molar-refractivity contribution < 1.29 is 4.39 Å². The van der Waals surface area contributed by atoms with E-state index < -0.39 is 0 Å².